The predicted octanol–water partition coefficient (Wildman–Crippen LogP) is 2.25. The van der Waals surface area contributed by atoms with Crippen molar-refractivity contribution in [2.24, 2.45) is 10.9 Å². The first-order valence-electron chi connectivity index (χ1n) is 8.55. The lowest BCUT2D eigenvalue weighted by Crippen LogP contribution is -2.22. The third-order valence-electron chi connectivity index (χ3n) is 3.69. The highest BCUT2D eigenvalue weighted by Gasteiger charge is 2.09. The maximum atomic E-state index is 12.0. The molecule has 2 aromatic carbocycles. The maximum absolute atomic E-state index is 12.0. The third-order valence-corrected chi connectivity index (χ3v) is 3.69. The van der Waals surface area contributed by atoms with Crippen LogP contribution in [0.25, 0.3) is 0 Å². The van der Waals surface area contributed by atoms with E-state index in [2.05, 4.69) is 10.5 Å². The van der Waals surface area contributed by atoms with Gasteiger partial charge in [0, 0.05) is 31.8 Å². The molecule has 27 heavy (non-hydrogen) atoms. The third kappa shape index (κ3) is 6.81. The largest absolute Gasteiger partial charge is 0.384 e. The molecule has 142 valence electrons. The van der Waals surface area contributed by atoms with Crippen LogP contribution in [0, 0.1) is 0 Å². The summed E-state index contributed by atoms with van der Waals surface area (Å²) in [5.74, 6) is -0.201. The van der Waals surface area contributed by atoms with Crippen LogP contribution in [0.3, 0.4) is 0 Å². The van der Waals surface area contributed by atoms with E-state index in [-0.39, 0.29) is 18.4 Å². The van der Waals surface area contributed by atoms with Crippen LogP contribution in [0.4, 0.5) is 5.69 Å². The van der Waals surface area contributed by atoms with Crippen molar-refractivity contribution in [3.05, 3.63) is 65.7 Å². The molecule has 0 unspecified atom stereocenters. The molecule has 0 aromatic heterocycles. The Bertz CT molecular complexity index is 804. The van der Waals surface area contributed by atoms with Gasteiger partial charge in [-0.15, -0.1) is 0 Å². The van der Waals surface area contributed by atoms with E-state index < -0.39 is 0 Å². The number of amidine groups is 1. The first kappa shape index (κ1) is 20.0. The molecular weight excluding hydrogens is 344 g/mol. The molecule has 0 aliphatic rings. The molecular formula is C20H24N4O3. The second-order valence-electron chi connectivity index (χ2n) is 6.17. The summed E-state index contributed by atoms with van der Waals surface area (Å²) in [6.45, 7) is -0.266. The van der Waals surface area contributed by atoms with Gasteiger partial charge in [0.15, 0.2) is 6.61 Å². The molecule has 2 amide bonds. The Hall–Kier alpha value is -3.35. The lowest BCUT2D eigenvalue weighted by Gasteiger charge is -2.11. The maximum Gasteiger partial charge on any atom is 0.265 e. The molecule has 0 saturated heterocycles. The highest BCUT2D eigenvalue weighted by molar-refractivity contribution is 5.97. The minimum absolute atomic E-state index is 0.141. The Labute approximate surface area is 158 Å². The molecule has 0 heterocycles. The minimum Gasteiger partial charge on any atom is -0.384 e. The molecule has 0 bridgehead atoms. The summed E-state index contributed by atoms with van der Waals surface area (Å²) in [5.41, 5.74) is 7.95. The quantitative estimate of drug-likeness (QED) is 0.424. The summed E-state index contributed by atoms with van der Waals surface area (Å²) in [6, 6.07) is 16.6. The van der Waals surface area contributed by atoms with Gasteiger partial charge in [-0.05, 0) is 30.2 Å². The second kappa shape index (κ2) is 9.96. The van der Waals surface area contributed by atoms with Crippen molar-refractivity contribution in [2.75, 3.05) is 26.0 Å². The fourth-order valence-electron chi connectivity index (χ4n) is 2.32. The standard InChI is InChI=1S/C20H24N4O3/c1-24(2)20(26)16-9-6-10-17(13-16)22-19(25)14-27-23-18(21)12-11-15-7-4-3-5-8-15/h3-10,13H,11-12,14H2,1-2H3,(H2,21,23)(H,22,25). The van der Waals surface area contributed by atoms with E-state index in [4.69, 9.17) is 10.6 Å². The van der Waals surface area contributed by atoms with E-state index in [1.165, 1.54) is 4.90 Å². The topological polar surface area (TPSA) is 97.0 Å². The Kier molecular flexibility index (Phi) is 7.37. The van der Waals surface area contributed by atoms with Crippen molar-refractivity contribution < 1.29 is 14.4 Å². The van der Waals surface area contributed by atoms with Gasteiger partial charge in [-0.25, -0.2) is 0 Å². The van der Waals surface area contributed by atoms with Crippen molar-refractivity contribution in [1.82, 2.24) is 4.90 Å². The molecule has 0 aliphatic carbocycles. The predicted molar refractivity (Wildman–Crippen MR) is 105 cm³/mol. The van der Waals surface area contributed by atoms with Crippen molar-refractivity contribution in [1.29, 1.82) is 0 Å². The van der Waals surface area contributed by atoms with E-state index in [0.29, 0.717) is 23.5 Å². The molecule has 0 radical (unpaired) electrons. The fourth-order valence-corrected chi connectivity index (χ4v) is 2.32. The van der Waals surface area contributed by atoms with Gasteiger partial charge in [0.25, 0.3) is 11.8 Å². The van der Waals surface area contributed by atoms with Gasteiger partial charge in [-0.1, -0.05) is 41.6 Å². The number of rotatable bonds is 8. The van der Waals surface area contributed by atoms with Crippen LogP contribution in [0.1, 0.15) is 22.3 Å². The smallest absolute Gasteiger partial charge is 0.265 e. The molecule has 0 aliphatic heterocycles. The van der Waals surface area contributed by atoms with Crippen LogP contribution in [-0.4, -0.2) is 43.3 Å². The Morgan fingerprint density at radius 2 is 1.85 bits per heavy atom. The van der Waals surface area contributed by atoms with Crippen LogP contribution in [-0.2, 0) is 16.1 Å². The number of carbonyl (C=O) groups is 2. The lowest BCUT2D eigenvalue weighted by atomic mass is 10.1. The number of nitrogens with two attached hydrogens (primary N) is 1. The summed E-state index contributed by atoms with van der Waals surface area (Å²) in [7, 11) is 3.34. The molecule has 7 heteroatoms. The molecule has 0 saturated carbocycles. The number of anilines is 1. The average molecular weight is 368 g/mol. The summed E-state index contributed by atoms with van der Waals surface area (Å²) < 4.78 is 0. The number of amides is 2. The number of carbonyl (C=O) groups excluding carboxylic acids is 2. The number of nitrogens with one attached hydrogen (secondary N) is 1. The summed E-state index contributed by atoms with van der Waals surface area (Å²) in [6.07, 6.45) is 1.29. The van der Waals surface area contributed by atoms with Crippen LogP contribution >= 0.6 is 0 Å². The zero-order chi connectivity index (χ0) is 19.6. The van der Waals surface area contributed by atoms with E-state index >= 15 is 0 Å². The first-order valence-corrected chi connectivity index (χ1v) is 8.55. The van der Waals surface area contributed by atoms with Crippen LogP contribution in [0.2, 0.25) is 0 Å². The number of aryl methyl sites for hydroxylation is 1. The van der Waals surface area contributed by atoms with Crippen molar-refractivity contribution in [3.63, 3.8) is 0 Å². The van der Waals surface area contributed by atoms with Crippen LogP contribution < -0.4 is 11.1 Å². The zero-order valence-corrected chi connectivity index (χ0v) is 15.5. The summed E-state index contributed by atoms with van der Waals surface area (Å²) in [4.78, 5) is 30.4. The normalized spacial score (nSPS) is 11.0. The number of nitrogens with zero attached hydrogens (tertiary/aromatic N) is 2. The van der Waals surface area contributed by atoms with E-state index in [1.54, 1.807) is 38.4 Å². The van der Waals surface area contributed by atoms with Gasteiger partial charge in [0.1, 0.15) is 5.84 Å². The van der Waals surface area contributed by atoms with Gasteiger partial charge < -0.3 is 20.8 Å². The SMILES string of the molecule is CN(C)C(=O)c1cccc(NC(=O)CO/N=C(\N)CCc2ccccc2)c1. The summed E-state index contributed by atoms with van der Waals surface area (Å²) in [5, 5.41) is 6.43. The van der Waals surface area contributed by atoms with E-state index in [0.717, 1.165) is 12.0 Å². The fraction of sp³-hybridized carbons (Fsp3) is 0.250. The van der Waals surface area contributed by atoms with Gasteiger partial charge in [0.05, 0.1) is 0 Å². The van der Waals surface area contributed by atoms with Crippen LogP contribution in [0.5, 0.6) is 0 Å². The molecule has 0 spiro atoms. The number of benzene rings is 2. The van der Waals surface area contributed by atoms with E-state index in [1.807, 2.05) is 30.3 Å². The van der Waals surface area contributed by atoms with Crippen molar-refractivity contribution in [3.8, 4) is 0 Å². The Morgan fingerprint density at radius 1 is 1.11 bits per heavy atom. The molecule has 3 N–H and O–H groups in total. The molecule has 2 rings (SSSR count). The van der Waals surface area contributed by atoms with Crippen LogP contribution in [0.15, 0.2) is 59.8 Å². The highest BCUT2D eigenvalue weighted by atomic mass is 16.6. The van der Waals surface area contributed by atoms with Gasteiger partial charge >= 0.3 is 0 Å². The zero-order valence-electron chi connectivity index (χ0n) is 15.5. The average Bonchev–Trinajstić information content (AvgIpc) is 2.66. The van der Waals surface area contributed by atoms with Gasteiger partial charge in [0.2, 0.25) is 0 Å². The Morgan fingerprint density at radius 3 is 2.56 bits per heavy atom. The Balaban J connectivity index is 1.79. The second-order valence-corrected chi connectivity index (χ2v) is 6.17. The lowest BCUT2D eigenvalue weighted by molar-refractivity contribution is -0.120. The highest BCUT2D eigenvalue weighted by Crippen LogP contribution is 2.12. The molecule has 0 fully saturated rings. The number of oxime groups is 1. The molecule has 2 aromatic rings. The monoisotopic (exact) mass is 368 g/mol. The molecule has 0 atom stereocenters. The van der Waals surface area contributed by atoms with Crippen molar-refractivity contribution in [2.45, 2.75) is 12.8 Å². The van der Waals surface area contributed by atoms with Gasteiger partial charge in [-0.2, -0.15) is 0 Å². The van der Waals surface area contributed by atoms with E-state index in [9.17, 15) is 9.59 Å². The number of hydrogen-bond donors (Lipinski definition) is 2. The van der Waals surface area contributed by atoms with Gasteiger partial charge in [-0.3, -0.25) is 9.59 Å². The first-order chi connectivity index (χ1) is 13.0. The minimum atomic E-state index is -0.385. The molecule has 7 nitrogen and oxygen atoms in total. The number of hydrogen-bond acceptors (Lipinski definition) is 4. The summed E-state index contributed by atoms with van der Waals surface area (Å²) >= 11 is 0. The van der Waals surface area contributed by atoms with Crippen molar-refractivity contribution >= 4 is 23.3 Å².